The van der Waals surface area contributed by atoms with E-state index in [1.54, 1.807) is 31.3 Å². The topological polar surface area (TPSA) is 105 Å². The van der Waals surface area contributed by atoms with Crippen LogP contribution in [0.25, 0.3) is 0 Å². The van der Waals surface area contributed by atoms with Crippen molar-refractivity contribution < 1.29 is 14.3 Å². The number of anilines is 3. The zero-order chi connectivity index (χ0) is 23.8. The maximum atomic E-state index is 12.2. The van der Waals surface area contributed by atoms with E-state index in [-0.39, 0.29) is 17.6 Å². The quantitative estimate of drug-likeness (QED) is 0.278. The molecule has 1 aromatic heterocycles. The van der Waals surface area contributed by atoms with Gasteiger partial charge in [0.15, 0.2) is 4.34 Å². The molecule has 0 aliphatic carbocycles. The van der Waals surface area contributed by atoms with Crippen molar-refractivity contribution in [3.05, 3.63) is 84.4 Å². The van der Waals surface area contributed by atoms with E-state index < -0.39 is 0 Å². The number of ether oxygens (including phenoxy) is 1. The lowest BCUT2D eigenvalue weighted by molar-refractivity contribution is -0.113. The molecule has 0 spiro atoms. The maximum Gasteiger partial charge on any atom is 0.251 e. The van der Waals surface area contributed by atoms with E-state index in [1.807, 2.05) is 54.6 Å². The van der Waals surface area contributed by atoms with Gasteiger partial charge in [0.05, 0.1) is 5.75 Å². The van der Waals surface area contributed by atoms with E-state index in [4.69, 9.17) is 4.74 Å². The average Bonchev–Trinajstić information content (AvgIpc) is 3.32. The fraction of sp³-hybridized carbons (Fsp3) is 0.0833. The molecule has 8 nitrogen and oxygen atoms in total. The normalized spacial score (nSPS) is 10.4. The van der Waals surface area contributed by atoms with Gasteiger partial charge in [-0.1, -0.05) is 41.3 Å². The largest absolute Gasteiger partial charge is 0.457 e. The van der Waals surface area contributed by atoms with Crippen LogP contribution < -0.4 is 20.7 Å². The first-order valence-corrected chi connectivity index (χ1v) is 12.1. The number of amides is 2. The molecular formula is C24H21N5O3S2. The number of para-hydroxylation sites is 1. The molecular weight excluding hydrogens is 470 g/mol. The molecule has 0 saturated carbocycles. The summed E-state index contributed by atoms with van der Waals surface area (Å²) in [5.41, 5.74) is 2.01. The molecule has 0 fully saturated rings. The van der Waals surface area contributed by atoms with Crippen LogP contribution in [-0.2, 0) is 4.79 Å². The number of carbonyl (C=O) groups is 2. The van der Waals surface area contributed by atoms with Crippen molar-refractivity contribution in [3.63, 3.8) is 0 Å². The highest BCUT2D eigenvalue weighted by molar-refractivity contribution is 8.01. The van der Waals surface area contributed by atoms with Crippen molar-refractivity contribution in [2.75, 3.05) is 23.4 Å². The summed E-state index contributed by atoms with van der Waals surface area (Å²) >= 11 is 2.67. The van der Waals surface area contributed by atoms with E-state index in [0.717, 1.165) is 17.2 Å². The van der Waals surface area contributed by atoms with Gasteiger partial charge in [-0.3, -0.25) is 9.59 Å². The smallest absolute Gasteiger partial charge is 0.251 e. The summed E-state index contributed by atoms with van der Waals surface area (Å²) < 4.78 is 6.47. The summed E-state index contributed by atoms with van der Waals surface area (Å²) in [7, 11) is 1.57. The molecule has 4 aromatic rings. The molecule has 3 aromatic carbocycles. The van der Waals surface area contributed by atoms with Crippen molar-refractivity contribution in [1.29, 1.82) is 0 Å². The molecule has 0 radical (unpaired) electrons. The van der Waals surface area contributed by atoms with Crippen LogP contribution in [0.1, 0.15) is 10.4 Å². The first-order valence-electron chi connectivity index (χ1n) is 10.3. The summed E-state index contributed by atoms with van der Waals surface area (Å²) in [5, 5.41) is 17.5. The lowest BCUT2D eigenvalue weighted by Gasteiger charge is -2.07. The van der Waals surface area contributed by atoms with Gasteiger partial charge in [-0.15, -0.1) is 10.2 Å². The molecule has 0 atom stereocenters. The number of hydrogen-bond acceptors (Lipinski definition) is 8. The fourth-order valence-corrected chi connectivity index (χ4v) is 4.42. The Morgan fingerprint density at radius 3 is 2.26 bits per heavy atom. The van der Waals surface area contributed by atoms with Gasteiger partial charge < -0.3 is 20.7 Å². The first kappa shape index (κ1) is 23.3. The predicted molar refractivity (Wildman–Crippen MR) is 135 cm³/mol. The second kappa shape index (κ2) is 11.3. The van der Waals surface area contributed by atoms with E-state index in [9.17, 15) is 9.59 Å². The van der Waals surface area contributed by atoms with E-state index in [1.165, 1.54) is 23.1 Å². The van der Waals surface area contributed by atoms with Gasteiger partial charge in [0.1, 0.15) is 11.5 Å². The van der Waals surface area contributed by atoms with Crippen LogP contribution in [0.3, 0.4) is 0 Å². The van der Waals surface area contributed by atoms with Crippen LogP contribution in [-0.4, -0.2) is 34.8 Å². The first-order chi connectivity index (χ1) is 16.6. The summed E-state index contributed by atoms with van der Waals surface area (Å²) in [6.45, 7) is 0. The Balaban J connectivity index is 1.25. The summed E-state index contributed by atoms with van der Waals surface area (Å²) in [6.07, 6.45) is 0. The molecule has 4 rings (SSSR count). The highest BCUT2D eigenvalue weighted by atomic mass is 32.2. The second-order valence-electron chi connectivity index (χ2n) is 6.93. The summed E-state index contributed by atoms with van der Waals surface area (Å²) in [4.78, 5) is 23.8. The Morgan fingerprint density at radius 1 is 0.882 bits per heavy atom. The van der Waals surface area contributed by atoms with Gasteiger partial charge in [0, 0.05) is 24.0 Å². The minimum Gasteiger partial charge on any atom is -0.457 e. The van der Waals surface area contributed by atoms with Gasteiger partial charge in [0.25, 0.3) is 5.91 Å². The van der Waals surface area contributed by atoms with Crippen LogP contribution in [0.4, 0.5) is 16.5 Å². The van der Waals surface area contributed by atoms with Crippen LogP contribution in [0, 0.1) is 0 Å². The van der Waals surface area contributed by atoms with Gasteiger partial charge in [-0.2, -0.15) is 0 Å². The molecule has 0 aliphatic heterocycles. The Bertz CT molecular complexity index is 1250. The highest BCUT2D eigenvalue weighted by Crippen LogP contribution is 2.29. The van der Waals surface area contributed by atoms with Crippen LogP contribution >= 0.6 is 23.1 Å². The number of nitrogens with zero attached hydrogens (tertiary/aromatic N) is 2. The standard InChI is InChI=1S/C24H21N5O3S2/c1-25-22(31)16-7-9-17(10-8-16)26-21(30)15-33-24-29-28-23(34-24)27-18-11-13-20(14-12-18)32-19-5-3-2-4-6-19/h2-14H,15H2,1H3,(H,25,31)(H,26,30)(H,27,28). The molecule has 3 N–H and O–H groups in total. The monoisotopic (exact) mass is 491 g/mol. The fourth-order valence-electron chi connectivity index (χ4n) is 2.85. The maximum absolute atomic E-state index is 12.2. The summed E-state index contributed by atoms with van der Waals surface area (Å²) in [6, 6.07) is 23.8. The summed E-state index contributed by atoms with van der Waals surface area (Å²) in [5.74, 6) is 1.36. The molecule has 1 heterocycles. The van der Waals surface area contributed by atoms with Gasteiger partial charge in [-0.05, 0) is 60.7 Å². The van der Waals surface area contributed by atoms with Gasteiger partial charge >= 0.3 is 0 Å². The Kier molecular flexibility index (Phi) is 7.74. The zero-order valence-electron chi connectivity index (χ0n) is 18.1. The Hall–Kier alpha value is -3.89. The number of aromatic nitrogens is 2. The van der Waals surface area contributed by atoms with E-state index in [2.05, 4.69) is 26.1 Å². The van der Waals surface area contributed by atoms with Crippen molar-refractivity contribution in [2.24, 2.45) is 0 Å². The second-order valence-corrected chi connectivity index (χ2v) is 9.13. The zero-order valence-corrected chi connectivity index (χ0v) is 19.8. The minimum atomic E-state index is -0.175. The third kappa shape index (κ3) is 6.56. The lowest BCUT2D eigenvalue weighted by atomic mass is 10.2. The van der Waals surface area contributed by atoms with Crippen molar-refractivity contribution >= 4 is 51.4 Å². The Labute approximate surface area is 204 Å². The van der Waals surface area contributed by atoms with Crippen molar-refractivity contribution in [1.82, 2.24) is 15.5 Å². The molecule has 172 valence electrons. The predicted octanol–water partition coefficient (Wildman–Crippen LogP) is 5.16. The molecule has 2 amide bonds. The van der Waals surface area contributed by atoms with E-state index >= 15 is 0 Å². The SMILES string of the molecule is CNC(=O)c1ccc(NC(=O)CSc2nnc(Nc3ccc(Oc4ccccc4)cc3)s2)cc1. The van der Waals surface area contributed by atoms with E-state index in [0.29, 0.717) is 20.7 Å². The number of hydrogen-bond donors (Lipinski definition) is 3. The van der Waals surface area contributed by atoms with Gasteiger partial charge in [0.2, 0.25) is 11.0 Å². The number of rotatable bonds is 9. The molecule has 0 unspecified atom stereocenters. The number of nitrogens with one attached hydrogen (secondary N) is 3. The molecule has 34 heavy (non-hydrogen) atoms. The highest BCUT2D eigenvalue weighted by Gasteiger charge is 2.10. The molecule has 10 heteroatoms. The van der Waals surface area contributed by atoms with Crippen LogP contribution in [0.2, 0.25) is 0 Å². The van der Waals surface area contributed by atoms with Crippen LogP contribution in [0.5, 0.6) is 11.5 Å². The molecule has 0 saturated heterocycles. The average molecular weight is 492 g/mol. The van der Waals surface area contributed by atoms with Crippen LogP contribution in [0.15, 0.2) is 83.2 Å². The number of thioether (sulfide) groups is 1. The van der Waals surface area contributed by atoms with Crippen molar-refractivity contribution in [2.45, 2.75) is 4.34 Å². The third-order valence-electron chi connectivity index (χ3n) is 4.48. The third-order valence-corrected chi connectivity index (χ3v) is 6.45. The molecule has 0 bridgehead atoms. The van der Waals surface area contributed by atoms with Crippen molar-refractivity contribution in [3.8, 4) is 11.5 Å². The molecule has 0 aliphatic rings. The number of carbonyl (C=O) groups excluding carboxylic acids is 2. The Morgan fingerprint density at radius 2 is 1.56 bits per heavy atom. The van der Waals surface area contributed by atoms with Gasteiger partial charge in [-0.25, -0.2) is 0 Å². The number of benzene rings is 3. The minimum absolute atomic E-state index is 0.170. The lowest BCUT2D eigenvalue weighted by Crippen LogP contribution is -2.18.